The van der Waals surface area contributed by atoms with Gasteiger partial charge < -0.3 is 4.74 Å². The van der Waals surface area contributed by atoms with Gasteiger partial charge in [-0.25, -0.2) is 0 Å². The second kappa shape index (κ2) is 6.40. The molecule has 0 radical (unpaired) electrons. The summed E-state index contributed by atoms with van der Waals surface area (Å²) in [6.07, 6.45) is -3.78. The van der Waals surface area contributed by atoms with Crippen molar-refractivity contribution in [3.05, 3.63) is 32.9 Å². The lowest BCUT2D eigenvalue weighted by atomic mass is 10.1. The lowest BCUT2D eigenvalue weighted by Gasteiger charge is -2.10. The lowest BCUT2D eigenvalue weighted by Crippen LogP contribution is -2.09. The number of halogens is 4. The minimum atomic E-state index is -4.34. The van der Waals surface area contributed by atoms with Crippen LogP contribution < -0.4 is 0 Å². The highest BCUT2D eigenvalue weighted by Crippen LogP contribution is 2.33. The van der Waals surface area contributed by atoms with E-state index in [2.05, 4.69) is 0 Å². The van der Waals surface area contributed by atoms with Gasteiger partial charge >= 0.3 is 12.1 Å². The van der Waals surface area contributed by atoms with Gasteiger partial charge in [-0.2, -0.15) is 13.2 Å². The lowest BCUT2D eigenvalue weighted by molar-refractivity contribution is -0.143. The Hall–Kier alpha value is -0.790. The van der Waals surface area contributed by atoms with Crippen molar-refractivity contribution in [1.82, 2.24) is 0 Å². The van der Waals surface area contributed by atoms with Crippen molar-refractivity contribution >= 4 is 28.6 Å². The highest BCUT2D eigenvalue weighted by atomic mass is 127. The molecule has 2 nitrogen and oxygen atoms in total. The number of hydrogen-bond acceptors (Lipinski definition) is 2. The molecule has 0 aliphatic carbocycles. The number of hydrogen-bond donors (Lipinski definition) is 0. The summed E-state index contributed by atoms with van der Waals surface area (Å²) in [7, 11) is 0. The standard InChI is InChI=1S/C12H12F3IO2/c1-2-18-11(17)6-4-8-3-5-9(10(16)7-8)12(13,14)15/h3,5,7H,2,4,6H2,1H3. The number of benzene rings is 1. The van der Waals surface area contributed by atoms with Gasteiger partial charge in [0.25, 0.3) is 0 Å². The van der Waals surface area contributed by atoms with Gasteiger partial charge in [-0.1, -0.05) is 6.07 Å². The zero-order valence-corrected chi connectivity index (χ0v) is 11.8. The van der Waals surface area contributed by atoms with Gasteiger partial charge in [0.15, 0.2) is 0 Å². The van der Waals surface area contributed by atoms with Gasteiger partial charge in [0.2, 0.25) is 0 Å². The van der Waals surface area contributed by atoms with Crippen molar-refractivity contribution in [2.45, 2.75) is 25.9 Å². The molecule has 0 aliphatic heterocycles. The molecule has 0 N–H and O–H groups in total. The molecule has 0 saturated heterocycles. The van der Waals surface area contributed by atoms with Crippen molar-refractivity contribution < 1.29 is 22.7 Å². The van der Waals surface area contributed by atoms with E-state index >= 15 is 0 Å². The third kappa shape index (κ3) is 4.47. The fourth-order valence-corrected chi connectivity index (χ4v) is 2.31. The molecule has 0 aliphatic rings. The van der Waals surface area contributed by atoms with E-state index in [-0.39, 0.29) is 16.0 Å². The van der Waals surface area contributed by atoms with Gasteiger partial charge in [0, 0.05) is 9.99 Å². The quantitative estimate of drug-likeness (QED) is 0.594. The summed E-state index contributed by atoms with van der Waals surface area (Å²) in [6, 6.07) is 3.88. The summed E-state index contributed by atoms with van der Waals surface area (Å²) < 4.78 is 42.4. The van der Waals surface area contributed by atoms with Gasteiger partial charge in [-0.05, 0) is 53.6 Å². The van der Waals surface area contributed by atoms with E-state index in [0.29, 0.717) is 18.6 Å². The van der Waals surface area contributed by atoms with Gasteiger partial charge in [-0.3, -0.25) is 4.79 Å². The van der Waals surface area contributed by atoms with Crippen molar-refractivity contribution in [3.8, 4) is 0 Å². The maximum atomic E-state index is 12.5. The Labute approximate surface area is 117 Å². The third-order valence-electron chi connectivity index (χ3n) is 2.26. The maximum absolute atomic E-state index is 12.5. The molecule has 1 aromatic rings. The molecular formula is C12H12F3IO2. The van der Waals surface area contributed by atoms with E-state index in [9.17, 15) is 18.0 Å². The first-order valence-corrected chi connectivity index (χ1v) is 6.43. The number of ether oxygens (including phenoxy) is 1. The summed E-state index contributed by atoms with van der Waals surface area (Å²) in [4.78, 5) is 11.1. The van der Waals surface area contributed by atoms with Crippen LogP contribution in [0.25, 0.3) is 0 Å². The molecule has 0 heterocycles. The average molecular weight is 372 g/mol. The van der Waals surface area contributed by atoms with Crippen LogP contribution in [-0.4, -0.2) is 12.6 Å². The van der Waals surface area contributed by atoms with Crippen LogP contribution in [0.5, 0.6) is 0 Å². The monoisotopic (exact) mass is 372 g/mol. The van der Waals surface area contributed by atoms with Crippen LogP contribution in [0.2, 0.25) is 0 Å². The predicted octanol–water partition coefficient (Wildman–Crippen LogP) is 3.81. The minimum Gasteiger partial charge on any atom is -0.466 e. The number of alkyl halides is 3. The number of aryl methyl sites for hydroxylation is 1. The summed E-state index contributed by atoms with van der Waals surface area (Å²) >= 11 is 1.65. The number of esters is 1. The highest BCUT2D eigenvalue weighted by molar-refractivity contribution is 14.1. The molecule has 0 atom stereocenters. The molecule has 6 heteroatoms. The fourth-order valence-electron chi connectivity index (χ4n) is 1.42. The van der Waals surface area contributed by atoms with Crippen LogP contribution in [0.4, 0.5) is 13.2 Å². The van der Waals surface area contributed by atoms with Crippen LogP contribution in [-0.2, 0) is 22.1 Å². The van der Waals surface area contributed by atoms with Crippen LogP contribution in [0.3, 0.4) is 0 Å². The summed E-state index contributed by atoms with van der Waals surface area (Å²) in [6.45, 7) is 2.02. The average Bonchev–Trinajstić information content (AvgIpc) is 2.25. The minimum absolute atomic E-state index is 0.140. The van der Waals surface area contributed by atoms with Crippen LogP contribution in [0, 0.1) is 3.57 Å². The predicted molar refractivity (Wildman–Crippen MR) is 69.1 cm³/mol. The van der Waals surface area contributed by atoms with Crippen LogP contribution >= 0.6 is 22.6 Å². The molecule has 0 bridgehead atoms. The number of carbonyl (C=O) groups is 1. The normalized spacial score (nSPS) is 11.4. The number of carbonyl (C=O) groups excluding carboxylic acids is 1. The Kier molecular flexibility index (Phi) is 5.43. The molecule has 0 spiro atoms. The Morgan fingerprint density at radius 3 is 2.56 bits per heavy atom. The van der Waals surface area contributed by atoms with Gasteiger partial charge in [-0.15, -0.1) is 0 Å². The summed E-state index contributed by atoms with van der Waals surface area (Å²) in [5, 5.41) is 0. The van der Waals surface area contributed by atoms with Crippen molar-refractivity contribution in [2.75, 3.05) is 6.61 Å². The second-order valence-electron chi connectivity index (χ2n) is 3.62. The Bertz CT molecular complexity index is 430. The second-order valence-corrected chi connectivity index (χ2v) is 4.78. The molecule has 100 valence electrons. The smallest absolute Gasteiger partial charge is 0.417 e. The molecule has 1 rings (SSSR count). The molecular weight excluding hydrogens is 360 g/mol. The van der Waals surface area contributed by atoms with E-state index in [0.717, 1.165) is 6.07 Å². The maximum Gasteiger partial charge on any atom is 0.417 e. The first-order chi connectivity index (χ1) is 8.34. The van der Waals surface area contributed by atoms with Crippen molar-refractivity contribution in [1.29, 1.82) is 0 Å². The first-order valence-electron chi connectivity index (χ1n) is 5.36. The Balaban J connectivity index is 2.71. The molecule has 0 unspecified atom stereocenters. The third-order valence-corrected chi connectivity index (χ3v) is 3.15. The number of rotatable bonds is 4. The largest absolute Gasteiger partial charge is 0.466 e. The van der Waals surface area contributed by atoms with Gasteiger partial charge in [0.05, 0.1) is 12.2 Å². The molecule has 0 saturated carbocycles. The van der Waals surface area contributed by atoms with E-state index in [1.807, 2.05) is 0 Å². The first kappa shape index (κ1) is 15.3. The SMILES string of the molecule is CCOC(=O)CCc1ccc(C(F)(F)F)c(I)c1. The highest BCUT2D eigenvalue weighted by Gasteiger charge is 2.32. The van der Waals surface area contributed by atoms with Gasteiger partial charge in [0.1, 0.15) is 0 Å². The fraction of sp³-hybridized carbons (Fsp3) is 0.417. The van der Waals surface area contributed by atoms with E-state index < -0.39 is 11.7 Å². The van der Waals surface area contributed by atoms with E-state index in [1.54, 1.807) is 29.5 Å². The Morgan fingerprint density at radius 2 is 2.06 bits per heavy atom. The molecule has 0 aromatic heterocycles. The molecule has 1 aromatic carbocycles. The van der Waals surface area contributed by atoms with Crippen molar-refractivity contribution in [2.24, 2.45) is 0 Å². The zero-order valence-electron chi connectivity index (χ0n) is 9.68. The zero-order chi connectivity index (χ0) is 13.8. The van der Waals surface area contributed by atoms with E-state index in [1.165, 1.54) is 12.1 Å². The topological polar surface area (TPSA) is 26.3 Å². The van der Waals surface area contributed by atoms with E-state index in [4.69, 9.17) is 4.74 Å². The molecule has 0 amide bonds. The van der Waals surface area contributed by atoms with Crippen LogP contribution in [0.1, 0.15) is 24.5 Å². The molecule has 18 heavy (non-hydrogen) atoms. The summed E-state index contributed by atoms with van der Waals surface area (Å²) in [5.41, 5.74) is 0.0448. The molecule has 0 fully saturated rings. The summed E-state index contributed by atoms with van der Waals surface area (Å²) in [5.74, 6) is -0.340. The van der Waals surface area contributed by atoms with Crippen LogP contribution in [0.15, 0.2) is 18.2 Å². The Morgan fingerprint density at radius 1 is 1.39 bits per heavy atom. The van der Waals surface area contributed by atoms with Crippen molar-refractivity contribution in [3.63, 3.8) is 0 Å².